The summed E-state index contributed by atoms with van der Waals surface area (Å²) in [5, 5.41) is 55.8. The quantitative estimate of drug-likeness (QED) is 0.0501. The fraction of sp³-hybridized carbons (Fsp3) is 0.511. The van der Waals surface area contributed by atoms with Crippen molar-refractivity contribution in [2.45, 2.75) is 129 Å². The number of aliphatic hydroxyl groups is 4. The van der Waals surface area contributed by atoms with E-state index in [9.17, 15) is 49.7 Å². The first-order chi connectivity index (χ1) is 31.2. The van der Waals surface area contributed by atoms with Crippen LogP contribution in [-0.2, 0) is 44.7 Å². The van der Waals surface area contributed by atoms with Crippen LogP contribution in [0.5, 0.6) is 5.75 Å². The Balaban J connectivity index is 1.33. The fourth-order valence-corrected chi connectivity index (χ4v) is 8.69. The number of aromatic nitrogens is 1. The SMILES string of the molecule is C=CCOC(=O)[C@H]1O[C@@H](Oc2ccc(COC(=O)O[C@H]3[C@@H](C)CCC/C(C)=C\C[C@@H](c4ccc5sc(C)nc5c4)OC(=O)C[C@H](O)C(C)(C)C(=O)[C@@H]3CC=C)cc2[N+](=O)[O-])[C@H](O)[C@@H](O)[C@@H]1O. The highest BCUT2D eigenvalue weighted by molar-refractivity contribution is 7.18. The molecule has 0 radical (unpaired) electrons. The lowest BCUT2D eigenvalue weighted by molar-refractivity contribution is -0.387. The second kappa shape index (κ2) is 22.8. The molecule has 0 spiro atoms. The Labute approximate surface area is 386 Å². The van der Waals surface area contributed by atoms with E-state index in [1.807, 2.05) is 45.0 Å². The van der Waals surface area contributed by atoms with Gasteiger partial charge in [-0.2, -0.15) is 0 Å². The van der Waals surface area contributed by atoms with Crippen LogP contribution in [-0.4, -0.2) is 104 Å². The van der Waals surface area contributed by atoms with Gasteiger partial charge in [-0.15, -0.1) is 17.9 Å². The summed E-state index contributed by atoms with van der Waals surface area (Å²) in [4.78, 5) is 69.9. The Morgan fingerprint density at radius 3 is 2.47 bits per heavy atom. The van der Waals surface area contributed by atoms with E-state index in [0.717, 1.165) is 38.5 Å². The molecule has 1 saturated heterocycles. The van der Waals surface area contributed by atoms with Crippen LogP contribution < -0.4 is 4.74 Å². The molecule has 1 aromatic heterocycles. The molecule has 1 fully saturated rings. The largest absolute Gasteiger partial charge is 0.508 e. The molecule has 2 aliphatic rings. The summed E-state index contributed by atoms with van der Waals surface area (Å²) in [6, 6.07) is 9.18. The second-order valence-corrected chi connectivity index (χ2v) is 18.4. The first kappa shape index (κ1) is 51.4. The summed E-state index contributed by atoms with van der Waals surface area (Å²) < 4.78 is 34.1. The third-order valence-electron chi connectivity index (χ3n) is 11.8. The highest BCUT2D eigenvalue weighted by Crippen LogP contribution is 2.38. The number of thiazole rings is 1. The van der Waals surface area contributed by atoms with Crippen LogP contribution in [0.15, 0.2) is 73.4 Å². The number of hydrogen-bond acceptors (Lipinski definition) is 18. The average Bonchev–Trinajstić information content (AvgIpc) is 3.66. The monoisotopic (exact) mass is 938 g/mol. The first-order valence-electron chi connectivity index (χ1n) is 21.6. The summed E-state index contributed by atoms with van der Waals surface area (Å²) >= 11 is 1.56. The third kappa shape index (κ3) is 12.6. The van der Waals surface area contributed by atoms with Crippen LogP contribution >= 0.6 is 11.3 Å². The summed E-state index contributed by atoms with van der Waals surface area (Å²) in [6.07, 6.45) is -7.50. The van der Waals surface area contributed by atoms with Crippen LogP contribution in [0.2, 0.25) is 0 Å². The van der Waals surface area contributed by atoms with Crippen molar-refractivity contribution in [1.29, 1.82) is 0 Å². The molecule has 10 atom stereocenters. The molecule has 0 amide bonds. The number of nitrogens with zero attached hydrogens (tertiary/aromatic N) is 2. The van der Waals surface area contributed by atoms with E-state index >= 15 is 0 Å². The van der Waals surface area contributed by atoms with Gasteiger partial charge in [-0.1, -0.05) is 63.3 Å². The molecule has 5 rings (SSSR count). The predicted octanol–water partition coefficient (Wildman–Crippen LogP) is 6.43. The normalized spacial score (nSPS) is 28.5. The van der Waals surface area contributed by atoms with Crippen LogP contribution in [0, 0.1) is 34.3 Å². The minimum atomic E-state index is -1.96. The number of Topliss-reactive ketones (excluding diaryl/α,β-unsaturated/α-hetero) is 1. The van der Waals surface area contributed by atoms with Crippen molar-refractivity contribution >= 4 is 51.1 Å². The maximum Gasteiger partial charge on any atom is 0.508 e. The topological polar surface area (TPSA) is 261 Å². The van der Waals surface area contributed by atoms with Crippen LogP contribution in [0.25, 0.3) is 10.2 Å². The van der Waals surface area contributed by atoms with E-state index in [2.05, 4.69) is 18.1 Å². The number of fused-ring (bicyclic) bond motifs is 1. The molecule has 358 valence electrons. The molecule has 2 aliphatic heterocycles. The molecule has 3 aromatic rings. The molecule has 0 bridgehead atoms. The molecular formula is C47H58N2O16S. The molecule has 0 saturated carbocycles. The molecular weight excluding hydrogens is 881 g/mol. The van der Waals surface area contributed by atoms with Gasteiger partial charge in [0, 0.05) is 12.5 Å². The number of aryl methyl sites for hydroxylation is 1. The molecule has 2 aromatic carbocycles. The van der Waals surface area contributed by atoms with Crippen molar-refractivity contribution in [3.8, 4) is 5.75 Å². The molecule has 0 aliphatic carbocycles. The van der Waals surface area contributed by atoms with Crippen molar-refractivity contribution in [2.75, 3.05) is 6.61 Å². The van der Waals surface area contributed by atoms with Crippen LogP contribution in [0.4, 0.5) is 10.5 Å². The van der Waals surface area contributed by atoms with Gasteiger partial charge in [0.2, 0.25) is 6.29 Å². The molecule has 4 N–H and O–H groups in total. The van der Waals surface area contributed by atoms with E-state index in [4.69, 9.17) is 28.4 Å². The van der Waals surface area contributed by atoms with Crippen molar-refractivity contribution in [1.82, 2.24) is 4.98 Å². The van der Waals surface area contributed by atoms with Gasteiger partial charge in [0.15, 0.2) is 11.9 Å². The zero-order chi connectivity index (χ0) is 48.5. The van der Waals surface area contributed by atoms with Gasteiger partial charge >= 0.3 is 23.8 Å². The summed E-state index contributed by atoms with van der Waals surface area (Å²) in [6.45, 7) is 15.2. The number of cyclic esters (lactones) is 1. The van der Waals surface area contributed by atoms with Crippen molar-refractivity contribution in [3.63, 3.8) is 0 Å². The number of aliphatic hydroxyl groups excluding tert-OH is 4. The lowest BCUT2D eigenvalue weighted by atomic mass is 9.71. The number of benzene rings is 2. The number of hydrogen-bond donors (Lipinski definition) is 4. The smallest absolute Gasteiger partial charge is 0.459 e. The number of rotatable bonds is 12. The van der Waals surface area contributed by atoms with Gasteiger partial charge in [-0.25, -0.2) is 14.6 Å². The van der Waals surface area contributed by atoms with Crippen LogP contribution in [0.3, 0.4) is 0 Å². The maximum atomic E-state index is 14.5. The molecule has 18 nitrogen and oxygen atoms in total. The third-order valence-corrected chi connectivity index (χ3v) is 12.8. The Bertz CT molecular complexity index is 2290. The van der Waals surface area contributed by atoms with Gasteiger partial charge in [0.25, 0.3) is 0 Å². The van der Waals surface area contributed by atoms with Gasteiger partial charge in [-0.05, 0) is 74.8 Å². The first-order valence-corrected chi connectivity index (χ1v) is 22.4. The maximum absolute atomic E-state index is 14.5. The molecule has 0 unspecified atom stereocenters. The predicted molar refractivity (Wildman–Crippen MR) is 239 cm³/mol. The Hall–Kier alpha value is -5.57. The second-order valence-electron chi connectivity index (χ2n) is 17.1. The number of allylic oxidation sites excluding steroid dienone is 2. The minimum absolute atomic E-state index is 0.0428. The summed E-state index contributed by atoms with van der Waals surface area (Å²) in [5.74, 6) is -4.23. The van der Waals surface area contributed by atoms with Crippen molar-refractivity contribution in [2.24, 2.45) is 17.3 Å². The van der Waals surface area contributed by atoms with Crippen molar-refractivity contribution in [3.05, 3.63) is 99.6 Å². The molecule has 3 heterocycles. The highest BCUT2D eigenvalue weighted by Gasteiger charge is 2.49. The lowest BCUT2D eigenvalue weighted by Crippen LogP contribution is -2.61. The van der Waals surface area contributed by atoms with E-state index in [0.29, 0.717) is 25.7 Å². The molecule has 66 heavy (non-hydrogen) atoms. The highest BCUT2D eigenvalue weighted by atomic mass is 32.1. The number of ketones is 1. The Morgan fingerprint density at radius 1 is 1.03 bits per heavy atom. The standard InChI is InChI=1S/C47H58N2O16S/c1-8-11-30-41(65-46(57)61-24-28-15-18-34(32(21-28)49(58)59)63-45-40(54)38(52)39(53)42(64-45)44(56)60-20-9-2)26(4)13-10-12-25(3)14-17-33(29-16-19-35-31(22-29)48-27(5)66-35)62-37(51)23-36(50)47(6,7)43(30)55/h8-9,14-16,18-19,21-22,26,30,33,36,38-42,45,50,52-54H,1-2,10-13,17,20,23-24H2,3-7H3/b25-14-/t26-,30+,33-,36-,38-,39-,40+,41-,42-,45+/m0/s1. The number of nitro groups is 1. The number of esters is 2. The van der Waals surface area contributed by atoms with Crippen molar-refractivity contribution < 1.29 is 72.9 Å². The zero-order valence-corrected chi connectivity index (χ0v) is 38.3. The van der Waals surface area contributed by atoms with E-state index in [-0.39, 0.29) is 18.6 Å². The fourth-order valence-electron chi connectivity index (χ4n) is 7.89. The number of ether oxygens (including phenoxy) is 6. The van der Waals surface area contributed by atoms with Gasteiger partial charge in [0.05, 0.1) is 44.0 Å². The minimum Gasteiger partial charge on any atom is -0.459 e. The average molecular weight is 939 g/mol. The van der Waals surface area contributed by atoms with E-state index < -0.39 is 120 Å². The van der Waals surface area contributed by atoms with Gasteiger partial charge in [-0.3, -0.25) is 19.7 Å². The summed E-state index contributed by atoms with van der Waals surface area (Å²) in [7, 11) is 0. The number of nitro benzene ring substituents is 1. The Morgan fingerprint density at radius 2 is 1.77 bits per heavy atom. The number of carbonyl (C=O) groups is 4. The van der Waals surface area contributed by atoms with E-state index in [1.165, 1.54) is 32.1 Å². The van der Waals surface area contributed by atoms with Gasteiger partial charge < -0.3 is 48.8 Å². The molecule has 19 heteroatoms. The van der Waals surface area contributed by atoms with Gasteiger partial charge in [0.1, 0.15) is 49.5 Å². The lowest BCUT2D eigenvalue weighted by Gasteiger charge is -2.38. The number of carbonyl (C=O) groups excluding carboxylic acids is 4. The Kier molecular flexibility index (Phi) is 17.7. The zero-order valence-electron chi connectivity index (χ0n) is 37.5. The van der Waals surface area contributed by atoms with Crippen LogP contribution in [0.1, 0.15) is 88.5 Å². The summed E-state index contributed by atoms with van der Waals surface area (Å²) in [5.41, 5.74) is 0.453. The van der Waals surface area contributed by atoms with E-state index in [1.54, 1.807) is 11.3 Å².